The highest BCUT2D eigenvalue weighted by Crippen LogP contribution is 2.21. The van der Waals surface area contributed by atoms with Crippen LogP contribution in [0.15, 0.2) is 23.2 Å². The average molecular weight is 227 g/mol. The van der Waals surface area contributed by atoms with E-state index in [1.807, 2.05) is 6.92 Å². The SMILES string of the molecule is Cc1cc(Cl)ccc1N=C(N)NC(N)=O. The lowest BCUT2D eigenvalue weighted by molar-refractivity contribution is 0.253. The number of urea groups is 1. The number of nitrogens with zero attached hydrogens (tertiary/aromatic N) is 1. The van der Waals surface area contributed by atoms with Crippen LogP contribution >= 0.6 is 11.6 Å². The molecule has 0 aliphatic heterocycles. The van der Waals surface area contributed by atoms with Crippen molar-refractivity contribution in [3.05, 3.63) is 28.8 Å². The Morgan fingerprint density at radius 1 is 1.47 bits per heavy atom. The van der Waals surface area contributed by atoms with E-state index in [1.54, 1.807) is 18.2 Å². The Morgan fingerprint density at radius 3 is 2.67 bits per heavy atom. The van der Waals surface area contributed by atoms with E-state index >= 15 is 0 Å². The molecule has 0 saturated heterocycles. The van der Waals surface area contributed by atoms with Gasteiger partial charge in [0.15, 0.2) is 0 Å². The fourth-order valence-electron chi connectivity index (χ4n) is 1.03. The molecule has 0 aliphatic carbocycles. The molecule has 5 nitrogen and oxygen atoms in total. The molecule has 80 valence electrons. The van der Waals surface area contributed by atoms with Gasteiger partial charge in [0.1, 0.15) is 0 Å². The lowest BCUT2D eigenvalue weighted by Crippen LogP contribution is -2.39. The van der Waals surface area contributed by atoms with Crippen molar-refractivity contribution in [1.29, 1.82) is 0 Å². The van der Waals surface area contributed by atoms with Crippen LogP contribution in [-0.2, 0) is 0 Å². The van der Waals surface area contributed by atoms with E-state index in [-0.39, 0.29) is 5.96 Å². The van der Waals surface area contributed by atoms with Crippen molar-refractivity contribution in [3.63, 3.8) is 0 Å². The van der Waals surface area contributed by atoms with Crippen LogP contribution in [0, 0.1) is 6.92 Å². The van der Waals surface area contributed by atoms with Crippen LogP contribution in [0.25, 0.3) is 0 Å². The van der Waals surface area contributed by atoms with Gasteiger partial charge in [-0.3, -0.25) is 5.32 Å². The van der Waals surface area contributed by atoms with Crippen molar-refractivity contribution in [3.8, 4) is 0 Å². The lowest BCUT2D eigenvalue weighted by Gasteiger charge is -2.03. The summed E-state index contributed by atoms with van der Waals surface area (Å²) in [4.78, 5) is 14.4. The highest BCUT2D eigenvalue weighted by molar-refractivity contribution is 6.30. The van der Waals surface area contributed by atoms with Crippen LogP contribution in [0.5, 0.6) is 0 Å². The van der Waals surface area contributed by atoms with E-state index in [0.29, 0.717) is 10.7 Å². The number of halogens is 1. The zero-order chi connectivity index (χ0) is 11.4. The van der Waals surface area contributed by atoms with Gasteiger partial charge in [-0.25, -0.2) is 9.79 Å². The maximum absolute atomic E-state index is 10.5. The molecule has 1 aromatic rings. The van der Waals surface area contributed by atoms with Crippen LogP contribution < -0.4 is 16.8 Å². The molecule has 0 spiro atoms. The van der Waals surface area contributed by atoms with E-state index < -0.39 is 6.03 Å². The largest absolute Gasteiger partial charge is 0.369 e. The second-order valence-corrected chi connectivity index (χ2v) is 3.35. The summed E-state index contributed by atoms with van der Waals surface area (Å²) >= 11 is 5.77. The second-order valence-electron chi connectivity index (χ2n) is 2.92. The number of benzene rings is 1. The highest BCUT2D eigenvalue weighted by Gasteiger charge is 2.00. The molecule has 2 amide bonds. The summed E-state index contributed by atoms with van der Waals surface area (Å²) in [5.74, 6) is -0.0482. The summed E-state index contributed by atoms with van der Waals surface area (Å²) in [7, 11) is 0. The van der Waals surface area contributed by atoms with E-state index in [2.05, 4.69) is 10.3 Å². The second kappa shape index (κ2) is 4.65. The summed E-state index contributed by atoms with van der Waals surface area (Å²) in [5, 5.41) is 2.79. The van der Waals surface area contributed by atoms with Crippen molar-refractivity contribution >= 4 is 29.3 Å². The molecule has 1 aromatic carbocycles. The van der Waals surface area contributed by atoms with Gasteiger partial charge in [0.25, 0.3) is 0 Å². The van der Waals surface area contributed by atoms with Gasteiger partial charge in [0.2, 0.25) is 5.96 Å². The topological polar surface area (TPSA) is 93.5 Å². The van der Waals surface area contributed by atoms with Crippen molar-refractivity contribution in [2.75, 3.05) is 0 Å². The summed E-state index contributed by atoms with van der Waals surface area (Å²) < 4.78 is 0. The van der Waals surface area contributed by atoms with Gasteiger partial charge in [0, 0.05) is 5.02 Å². The minimum absolute atomic E-state index is 0.0482. The Labute approximate surface area is 92.1 Å². The van der Waals surface area contributed by atoms with E-state index in [9.17, 15) is 4.79 Å². The predicted molar refractivity (Wildman–Crippen MR) is 60.2 cm³/mol. The summed E-state index contributed by atoms with van der Waals surface area (Å²) in [6, 6.07) is 4.39. The van der Waals surface area contributed by atoms with Gasteiger partial charge in [-0.2, -0.15) is 0 Å². The molecule has 0 fully saturated rings. The molecule has 0 radical (unpaired) electrons. The number of carbonyl (C=O) groups is 1. The number of hydrogen-bond donors (Lipinski definition) is 3. The Morgan fingerprint density at radius 2 is 2.13 bits per heavy atom. The quantitative estimate of drug-likeness (QED) is 0.497. The van der Waals surface area contributed by atoms with E-state index in [0.717, 1.165) is 5.56 Å². The van der Waals surface area contributed by atoms with Gasteiger partial charge in [-0.1, -0.05) is 11.6 Å². The molecule has 15 heavy (non-hydrogen) atoms. The number of nitrogens with one attached hydrogen (secondary N) is 1. The van der Waals surface area contributed by atoms with Crippen molar-refractivity contribution in [1.82, 2.24) is 5.32 Å². The molecule has 5 N–H and O–H groups in total. The van der Waals surface area contributed by atoms with Gasteiger partial charge in [-0.05, 0) is 30.7 Å². The van der Waals surface area contributed by atoms with Crippen molar-refractivity contribution < 1.29 is 4.79 Å². The molecular formula is C9H11ClN4O. The van der Waals surface area contributed by atoms with Crippen LogP contribution in [0.4, 0.5) is 10.5 Å². The number of primary amides is 1. The number of guanidine groups is 1. The number of carbonyl (C=O) groups excluding carboxylic acids is 1. The molecule has 1 rings (SSSR count). The summed E-state index contributed by atoms with van der Waals surface area (Å²) in [6.45, 7) is 1.84. The van der Waals surface area contributed by atoms with Gasteiger partial charge >= 0.3 is 6.03 Å². The number of rotatable bonds is 1. The molecule has 0 aromatic heterocycles. The lowest BCUT2D eigenvalue weighted by atomic mass is 10.2. The number of nitrogens with two attached hydrogens (primary N) is 2. The first kappa shape index (κ1) is 11.3. The van der Waals surface area contributed by atoms with E-state index in [1.165, 1.54) is 0 Å². The van der Waals surface area contributed by atoms with Crippen LogP contribution in [0.2, 0.25) is 5.02 Å². The standard InChI is InChI=1S/C9H11ClN4O/c1-5-4-6(10)2-3-7(5)13-8(11)14-9(12)15/h2-4H,1H3,(H5,11,12,13,14,15). The first-order chi connectivity index (χ1) is 6.99. The highest BCUT2D eigenvalue weighted by atomic mass is 35.5. The Hall–Kier alpha value is -1.75. The zero-order valence-corrected chi connectivity index (χ0v) is 8.88. The first-order valence-corrected chi connectivity index (χ1v) is 4.53. The monoisotopic (exact) mass is 226 g/mol. The minimum atomic E-state index is -0.747. The summed E-state index contributed by atoms with van der Waals surface area (Å²) in [6.07, 6.45) is 0. The third-order valence-electron chi connectivity index (χ3n) is 1.65. The first-order valence-electron chi connectivity index (χ1n) is 4.16. The van der Waals surface area contributed by atoms with Crippen LogP contribution in [0.1, 0.15) is 5.56 Å². The maximum atomic E-state index is 10.5. The molecule has 0 saturated carbocycles. The minimum Gasteiger partial charge on any atom is -0.369 e. The molecule has 6 heteroatoms. The normalized spacial score (nSPS) is 11.2. The number of amides is 2. The molecule has 0 unspecified atom stereocenters. The number of hydrogen-bond acceptors (Lipinski definition) is 2. The smallest absolute Gasteiger partial charge is 0.318 e. The maximum Gasteiger partial charge on any atom is 0.318 e. The van der Waals surface area contributed by atoms with Crippen molar-refractivity contribution in [2.45, 2.75) is 6.92 Å². The van der Waals surface area contributed by atoms with Gasteiger partial charge in [-0.15, -0.1) is 0 Å². The fourth-order valence-corrected chi connectivity index (χ4v) is 1.25. The van der Waals surface area contributed by atoms with Gasteiger partial charge in [0.05, 0.1) is 5.69 Å². The third kappa shape index (κ3) is 3.47. The fraction of sp³-hybridized carbons (Fsp3) is 0.111. The predicted octanol–water partition coefficient (Wildman–Crippen LogP) is 1.26. The molecule has 0 bridgehead atoms. The van der Waals surface area contributed by atoms with Crippen molar-refractivity contribution in [2.24, 2.45) is 16.5 Å². The Kier molecular flexibility index (Phi) is 3.51. The van der Waals surface area contributed by atoms with Crippen LogP contribution in [-0.4, -0.2) is 12.0 Å². The van der Waals surface area contributed by atoms with Gasteiger partial charge < -0.3 is 11.5 Å². The molecular weight excluding hydrogens is 216 g/mol. The number of aliphatic imine (C=N–C) groups is 1. The molecule has 0 aliphatic rings. The van der Waals surface area contributed by atoms with Crippen LogP contribution in [0.3, 0.4) is 0 Å². The average Bonchev–Trinajstić information content (AvgIpc) is 2.08. The molecule has 0 atom stereocenters. The Bertz CT molecular complexity index is 417. The molecule has 0 heterocycles. The third-order valence-corrected chi connectivity index (χ3v) is 1.89. The van der Waals surface area contributed by atoms with E-state index in [4.69, 9.17) is 23.1 Å². The zero-order valence-electron chi connectivity index (χ0n) is 8.12. The summed E-state index contributed by atoms with van der Waals surface area (Å²) in [5.41, 5.74) is 11.8. The Balaban J connectivity index is 2.92. The number of aryl methyl sites for hydroxylation is 1.